The van der Waals surface area contributed by atoms with Gasteiger partial charge in [0.2, 0.25) is 0 Å². The van der Waals surface area contributed by atoms with Crippen LogP contribution in [-0.4, -0.2) is 0 Å². The molecule has 0 N–H and O–H groups in total. The fourth-order valence-electron chi connectivity index (χ4n) is 6.05. The van der Waals surface area contributed by atoms with Crippen LogP contribution in [0.15, 0.2) is 30.3 Å². The molecule has 0 radical (unpaired) electrons. The van der Waals surface area contributed by atoms with E-state index in [2.05, 4.69) is 141 Å². The molecule has 0 saturated carbocycles. The minimum atomic E-state index is 0.0517. The van der Waals surface area contributed by atoms with Crippen molar-refractivity contribution in [3.8, 4) is 0 Å². The first-order valence-electron chi connectivity index (χ1n) is 13.8. The van der Waals surface area contributed by atoms with Crippen molar-refractivity contribution >= 4 is 0 Å². The maximum absolute atomic E-state index is 2.49. The smallest absolute Gasteiger partial charge is 0.00928 e. The maximum Gasteiger partial charge on any atom is 0.00928 e. The Kier molecular flexibility index (Phi) is 7.96. The second-order valence-corrected chi connectivity index (χ2v) is 15.9. The fourth-order valence-corrected chi connectivity index (χ4v) is 6.05. The third kappa shape index (κ3) is 6.23. The summed E-state index contributed by atoms with van der Waals surface area (Å²) in [5.74, 6) is 0.371. The van der Waals surface area contributed by atoms with Gasteiger partial charge in [-0.1, -0.05) is 141 Å². The van der Waals surface area contributed by atoms with Crippen LogP contribution in [-0.2, 0) is 27.1 Å². The molecule has 1 atom stereocenters. The highest BCUT2D eigenvalue weighted by molar-refractivity contribution is 5.56. The first-order valence-corrected chi connectivity index (χ1v) is 13.8. The fraction of sp³-hybridized carbons (Fsp3) is 0.657. The van der Waals surface area contributed by atoms with Gasteiger partial charge in [-0.05, 0) is 72.4 Å². The lowest BCUT2D eigenvalue weighted by Crippen LogP contribution is -2.30. The standard InChI is InChI=1S/C35H56/c1-17-23(24-19-18-20-26(31(2,3)4)28(24)33(8,9)10)25-21-22-27(32(5,6)7)30(35(14,15)16)29(25)34(11,12)13/h18-23H,17H2,1-16H3. The molecule has 2 aromatic rings. The maximum atomic E-state index is 2.49. The zero-order valence-corrected chi connectivity index (χ0v) is 26.2. The molecule has 196 valence electrons. The van der Waals surface area contributed by atoms with Gasteiger partial charge in [-0.15, -0.1) is 0 Å². The normalized spacial score (nSPS) is 14.9. The average Bonchev–Trinajstić information content (AvgIpc) is 2.64. The summed E-state index contributed by atoms with van der Waals surface area (Å²) in [5.41, 5.74) is 11.1. The van der Waals surface area contributed by atoms with Crippen molar-refractivity contribution < 1.29 is 0 Å². The molecule has 0 fully saturated rings. The van der Waals surface area contributed by atoms with E-state index in [1.54, 1.807) is 11.1 Å². The Morgan fingerprint density at radius 3 is 1.23 bits per heavy atom. The Hall–Kier alpha value is -1.56. The molecule has 0 aliphatic rings. The Bertz CT molecular complexity index is 1030. The van der Waals surface area contributed by atoms with Crippen molar-refractivity contribution in [2.45, 2.75) is 150 Å². The first kappa shape index (κ1) is 29.7. The molecule has 0 bridgehead atoms. The molecule has 0 heteroatoms. The third-order valence-corrected chi connectivity index (χ3v) is 7.36. The van der Waals surface area contributed by atoms with Gasteiger partial charge >= 0.3 is 0 Å². The monoisotopic (exact) mass is 476 g/mol. The molecule has 1 unspecified atom stereocenters. The van der Waals surface area contributed by atoms with Crippen molar-refractivity contribution in [1.82, 2.24) is 0 Å². The summed E-state index contributed by atoms with van der Waals surface area (Å²) >= 11 is 0. The predicted molar refractivity (Wildman–Crippen MR) is 159 cm³/mol. The van der Waals surface area contributed by atoms with Gasteiger partial charge in [-0.3, -0.25) is 0 Å². The topological polar surface area (TPSA) is 0 Å². The highest BCUT2D eigenvalue weighted by Gasteiger charge is 2.37. The van der Waals surface area contributed by atoms with E-state index in [1.807, 2.05) is 0 Å². The van der Waals surface area contributed by atoms with Crippen molar-refractivity contribution in [2.75, 3.05) is 0 Å². The van der Waals surface area contributed by atoms with Crippen molar-refractivity contribution in [3.63, 3.8) is 0 Å². The second-order valence-electron chi connectivity index (χ2n) is 15.9. The van der Waals surface area contributed by atoms with Crippen LogP contribution in [0.5, 0.6) is 0 Å². The molecule has 0 heterocycles. The van der Waals surface area contributed by atoms with E-state index in [4.69, 9.17) is 0 Å². The molecule has 2 aromatic carbocycles. The Balaban J connectivity index is 3.09. The quantitative estimate of drug-likeness (QED) is 0.413. The number of rotatable bonds is 3. The summed E-state index contributed by atoms with van der Waals surface area (Å²) in [7, 11) is 0. The molecule has 0 aliphatic heterocycles. The molecule has 0 spiro atoms. The van der Waals surface area contributed by atoms with Gasteiger partial charge in [0.05, 0.1) is 0 Å². The summed E-state index contributed by atoms with van der Waals surface area (Å²) in [4.78, 5) is 0. The number of hydrogen-bond acceptors (Lipinski definition) is 0. The summed E-state index contributed by atoms with van der Waals surface area (Å²) in [5, 5.41) is 0. The molecule has 0 aliphatic carbocycles. The van der Waals surface area contributed by atoms with Crippen molar-refractivity contribution in [3.05, 3.63) is 69.3 Å². The molecule has 0 nitrogen and oxygen atoms in total. The number of hydrogen-bond donors (Lipinski definition) is 0. The Labute approximate surface area is 219 Å². The van der Waals surface area contributed by atoms with Gasteiger partial charge in [-0.25, -0.2) is 0 Å². The van der Waals surface area contributed by atoms with Gasteiger partial charge in [0.25, 0.3) is 0 Å². The zero-order valence-electron chi connectivity index (χ0n) is 26.2. The Morgan fingerprint density at radius 2 is 0.857 bits per heavy atom. The van der Waals surface area contributed by atoms with Crippen LogP contribution in [0.3, 0.4) is 0 Å². The summed E-state index contributed by atoms with van der Waals surface area (Å²) in [6, 6.07) is 12.0. The molecule has 0 saturated heterocycles. The van der Waals surface area contributed by atoms with Crippen molar-refractivity contribution in [2.24, 2.45) is 0 Å². The molecule has 2 rings (SSSR count). The van der Waals surface area contributed by atoms with E-state index in [-0.39, 0.29) is 27.1 Å². The lowest BCUT2D eigenvalue weighted by molar-refractivity contribution is 0.489. The van der Waals surface area contributed by atoms with E-state index in [0.717, 1.165) is 6.42 Å². The van der Waals surface area contributed by atoms with Gasteiger partial charge in [0, 0.05) is 5.92 Å². The van der Waals surface area contributed by atoms with Crippen molar-refractivity contribution in [1.29, 1.82) is 0 Å². The predicted octanol–water partition coefficient (Wildman–Crippen LogP) is 10.7. The second kappa shape index (κ2) is 9.39. The lowest BCUT2D eigenvalue weighted by atomic mass is 9.64. The van der Waals surface area contributed by atoms with E-state index in [1.165, 1.54) is 27.8 Å². The van der Waals surface area contributed by atoms with Gasteiger partial charge in [0.15, 0.2) is 0 Å². The highest BCUT2D eigenvalue weighted by atomic mass is 14.4. The average molecular weight is 477 g/mol. The molecular weight excluding hydrogens is 420 g/mol. The van der Waals surface area contributed by atoms with Crippen LogP contribution >= 0.6 is 0 Å². The van der Waals surface area contributed by atoms with E-state index in [9.17, 15) is 0 Å². The van der Waals surface area contributed by atoms with E-state index < -0.39 is 0 Å². The third-order valence-electron chi connectivity index (χ3n) is 7.36. The van der Waals surface area contributed by atoms with Gasteiger partial charge in [0.1, 0.15) is 0 Å². The van der Waals surface area contributed by atoms with Crippen LogP contribution in [0, 0.1) is 0 Å². The Morgan fingerprint density at radius 1 is 0.457 bits per heavy atom. The van der Waals surface area contributed by atoms with Crippen LogP contribution in [0.1, 0.15) is 162 Å². The highest BCUT2D eigenvalue weighted by Crippen LogP contribution is 2.48. The molecule has 0 amide bonds. The largest absolute Gasteiger partial charge is 0.0645 e. The zero-order chi connectivity index (χ0) is 27.4. The minimum Gasteiger partial charge on any atom is -0.0645 e. The summed E-state index contributed by atoms with van der Waals surface area (Å²) < 4.78 is 0. The van der Waals surface area contributed by atoms with Gasteiger partial charge < -0.3 is 0 Å². The SMILES string of the molecule is CCC(c1cccc(C(C)(C)C)c1C(C)(C)C)c1ccc(C(C)(C)C)c(C(C)(C)C)c1C(C)(C)C. The molecule has 0 aromatic heterocycles. The minimum absolute atomic E-state index is 0.0517. The van der Waals surface area contributed by atoms with Crippen LogP contribution < -0.4 is 0 Å². The molecular formula is C35H56. The summed E-state index contributed by atoms with van der Waals surface area (Å²) in [6.45, 7) is 38.2. The lowest BCUT2D eigenvalue weighted by Gasteiger charge is -2.40. The molecule has 35 heavy (non-hydrogen) atoms. The van der Waals surface area contributed by atoms with E-state index >= 15 is 0 Å². The number of benzene rings is 2. The van der Waals surface area contributed by atoms with Crippen LogP contribution in [0.2, 0.25) is 0 Å². The van der Waals surface area contributed by atoms with E-state index in [0.29, 0.717) is 5.92 Å². The van der Waals surface area contributed by atoms with Crippen LogP contribution in [0.25, 0.3) is 0 Å². The first-order chi connectivity index (χ1) is 15.5. The summed E-state index contributed by atoms with van der Waals surface area (Å²) in [6.07, 6.45) is 1.10. The van der Waals surface area contributed by atoms with Crippen LogP contribution in [0.4, 0.5) is 0 Å². The van der Waals surface area contributed by atoms with Gasteiger partial charge in [-0.2, -0.15) is 0 Å².